The summed E-state index contributed by atoms with van der Waals surface area (Å²) in [5.41, 5.74) is 0.101. The molecule has 1 aromatic carbocycles. The average Bonchev–Trinajstić information content (AvgIpc) is 2.48. The van der Waals surface area contributed by atoms with Crippen LogP contribution in [0.4, 0.5) is 0 Å². The summed E-state index contributed by atoms with van der Waals surface area (Å²) in [7, 11) is -3.26. The van der Waals surface area contributed by atoms with E-state index in [9.17, 15) is 18.3 Å². The quantitative estimate of drug-likeness (QED) is 0.801. The van der Waals surface area contributed by atoms with E-state index >= 15 is 0 Å². The maximum absolute atomic E-state index is 12.1. The first-order valence-corrected chi connectivity index (χ1v) is 8.86. The number of hydrogen-bond donors (Lipinski definition) is 2. The lowest BCUT2D eigenvalue weighted by molar-refractivity contribution is 0.0851. The smallest absolute Gasteiger partial charge is 0.251 e. The van der Waals surface area contributed by atoms with Crippen molar-refractivity contribution in [3.05, 3.63) is 29.8 Å². The number of rotatable bonds is 7. The molecule has 1 amide bonds. The van der Waals surface area contributed by atoms with Gasteiger partial charge in [-0.3, -0.25) is 4.79 Å². The number of carbonyl (C=O) groups is 1. The molecule has 0 aromatic heterocycles. The van der Waals surface area contributed by atoms with E-state index in [2.05, 4.69) is 5.32 Å². The van der Waals surface area contributed by atoms with Gasteiger partial charge in [0, 0.05) is 23.8 Å². The van der Waals surface area contributed by atoms with E-state index in [0.29, 0.717) is 12.1 Å². The number of hydrogen-bond acceptors (Lipinski definition) is 4. The summed E-state index contributed by atoms with van der Waals surface area (Å²) in [5.74, 6) is -0.269. The monoisotopic (exact) mass is 313 g/mol. The van der Waals surface area contributed by atoms with Crippen molar-refractivity contribution in [3.63, 3.8) is 0 Å². The summed E-state index contributed by atoms with van der Waals surface area (Å²) in [5, 5.41) is 12.3. The standard InChI is InChI=1S/C15H23NO4S/c1-4-15(5-2,11-17)10-16-14(18)12-6-8-13(9-7-12)21(3,19)20/h6-9,17H,4-5,10-11H2,1-3H3,(H,16,18). The molecular formula is C15H23NO4S. The van der Waals surface area contributed by atoms with Crippen LogP contribution in [0.5, 0.6) is 0 Å². The second-order valence-corrected chi connectivity index (χ2v) is 7.36. The Morgan fingerprint density at radius 2 is 1.71 bits per heavy atom. The van der Waals surface area contributed by atoms with Gasteiger partial charge in [0.15, 0.2) is 9.84 Å². The Balaban J connectivity index is 2.77. The van der Waals surface area contributed by atoms with Crippen LogP contribution >= 0.6 is 0 Å². The highest BCUT2D eigenvalue weighted by atomic mass is 32.2. The molecule has 0 aliphatic heterocycles. The summed E-state index contributed by atoms with van der Waals surface area (Å²) >= 11 is 0. The van der Waals surface area contributed by atoms with Crippen LogP contribution in [0.1, 0.15) is 37.0 Å². The topological polar surface area (TPSA) is 83.5 Å². The van der Waals surface area contributed by atoms with E-state index in [1.165, 1.54) is 24.3 Å². The Hall–Kier alpha value is -1.40. The molecule has 2 N–H and O–H groups in total. The van der Waals surface area contributed by atoms with Crippen LogP contribution < -0.4 is 5.32 Å². The lowest BCUT2D eigenvalue weighted by Gasteiger charge is -2.29. The van der Waals surface area contributed by atoms with Gasteiger partial charge in [-0.1, -0.05) is 13.8 Å². The van der Waals surface area contributed by atoms with E-state index in [0.717, 1.165) is 19.1 Å². The van der Waals surface area contributed by atoms with Gasteiger partial charge in [0.05, 0.1) is 11.5 Å². The number of amides is 1. The molecule has 118 valence electrons. The fourth-order valence-corrected chi connectivity index (χ4v) is 2.63. The molecule has 1 aromatic rings. The van der Waals surface area contributed by atoms with Crippen LogP contribution in [0.3, 0.4) is 0 Å². The van der Waals surface area contributed by atoms with Crippen LogP contribution in [-0.4, -0.2) is 38.8 Å². The van der Waals surface area contributed by atoms with Gasteiger partial charge in [0.2, 0.25) is 0 Å². The summed E-state index contributed by atoms with van der Waals surface area (Å²) in [4.78, 5) is 12.2. The molecule has 0 spiro atoms. The SMILES string of the molecule is CCC(CC)(CO)CNC(=O)c1ccc(S(C)(=O)=O)cc1. The van der Waals surface area contributed by atoms with Gasteiger partial charge >= 0.3 is 0 Å². The number of sulfone groups is 1. The van der Waals surface area contributed by atoms with Gasteiger partial charge in [-0.2, -0.15) is 0 Å². The lowest BCUT2D eigenvalue weighted by atomic mass is 9.83. The lowest BCUT2D eigenvalue weighted by Crippen LogP contribution is -2.39. The van der Waals surface area contributed by atoms with Gasteiger partial charge in [0.1, 0.15) is 0 Å². The highest BCUT2D eigenvalue weighted by Crippen LogP contribution is 2.24. The Bertz CT molecular complexity index is 566. The molecule has 0 aliphatic carbocycles. The third-order valence-electron chi connectivity index (χ3n) is 4.00. The molecule has 5 nitrogen and oxygen atoms in total. The Labute approximate surface area is 126 Å². The van der Waals surface area contributed by atoms with Crippen LogP contribution in [-0.2, 0) is 9.84 Å². The van der Waals surface area contributed by atoms with Gasteiger partial charge in [-0.25, -0.2) is 8.42 Å². The van der Waals surface area contributed by atoms with Crippen molar-refractivity contribution in [3.8, 4) is 0 Å². The number of aliphatic hydroxyl groups excluding tert-OH is 1. The molecular weight excluding hydrogens is 290 g/mol. The molecule has 0 heterocycles. The minimum absolute atomic E-state index is 0.0211. The van der Waals surface area contributed by atoms with Crippen LogP contribution in [0.2, 0.25) is 0 Å². The maximum Gasteiger partial charge on any atom is 0.251 e. The van der Waals surface area contributed by atoms with Crippen molar-refractivity contribution in [1.29, 1.82) is 0 Å². The second kappa shape index (κ2) is 7.04. The van der Waals surface area contributed by atoms with Crippen molar-refractivity contribution >= 4 is 15.7 Å². The fourth-order valence-electron chi connectivity index (χ4n) is 2.00. The third-order valence-corrected chi connectivity index (χ3v) is 5.13. The molecule has 1 rings (SSSR count). The van der Waals surface area contributed by atoms with Crippen molar-refractivity contribution in [2.24, 2.45) is 5.41 Å². The molecule has 0 radical (unpaired) electrons. The Morgan fingerprint density at radius 1 is 1.19 bits per heavy atom. The number of nitrogens with one attached hydrogen (secondary N) is 1. The first kappa shape index (κ1) is 17.7. The summed E-state index contributed by atoms with van der Waals surface area (Å²) in [6.07, 6.45) is 2.67. The number of benzene rings is 1. The van der Waals surface area contributed by atoms with Gasteiger partial charge in [-0.15, -0.1) is 0 Å². The van der Waals surface area contributed by atoms with Crippen molar-refractivity contribution in [2.75, 3.05) is 19.4 Å². The molecule has 0 saturated carbocycles. The number of aliphatic hydroxyl groups is 1. The normalized spacial score (nSPS) is 12.2. The van der Waals surface area contributed by atoms with Gasteiger partial charge < -0.3 is 10.4 Å². The predicted octanol–water partition coefficient (Wildman–Crippen LogP) is 1.62. The molecule has 0 saturated heterocycles. The minimum atomic E-state index is -3.26. The van der Waals surface area contributed by atoms with Crippen molar-refractivity contribution in [2.45, 2.75) is 31.6 Å². The van der Waals surface area contributed by atoms with Crippen LogP contribution in [0, 0.1) is 5.41 Å². The van der Waals surface area contributed by atoms with E-state index in [-0.39, 0.29) is 22.8 Å². The highest BCUT2D eigenvalue weighted by Gasteiger charge is 2.26. The summed E-state index contributed by atoms with van der Waals surface area (Å²) in [6, 6.07) is 5.82. The molecule has 6 heteroatoms. The molecule has 0 atom stereocenters. The summed E-state index contributed by atoms with van der Waals surface area (Å²) < 4.78 is 22.7. The Morgan fingerprint density at radius 3 is 2.10 bits per heavy atom. The van der Waals surface area contributed by atoms with Crippen molar-refractivity contribution in [1.82, 2.24) is 5.32 Å². The van der Waals surface area contributed by atoms with Gasteiger partial charge in [0.25, 0.3) is 5.91 Å². The fraction of sp³-hybridized carbons (Fsp3) is 0.533. The highest BCUT2D eigenvalue weighted by molar-refractivity contribution is 7.90. The van der Waals surface area contributed by atoms with Crippen LogP contribution in [0.25, 0.3) is 0 Å². The van der Waals surface area contributed by atoms with Crippen LogP contribution in [0.15, 0.2) is 29.2 Å². The third kappa shape index (κ3) is 4.54. The van der Waals surface area contributed by atoms with Gasteiger partial charge in [-0.05, 0) is 37.1 Å². The largest absolute Gasteiger partial charge is 0.396 e. The molecule has 21 heavy (non-hydrogen) atoms. The molecule has 0 unspecified atom stereocenters. The summed E-state index contributed by atoms with van der Waals surface area (Å²) in [6.45, 7) is 4.37. The number of carbonyl (C=O) groups excluding carboxylic acids is 1. The average molecular weight is 313 g/mol. The first-order valence-electron chi connectivity index (χ1n) is 6.97. The minimum Gasteiger partial charge on any atom is -0.396 e. The zero-order chi connectivity index (χ0) is 16.1. The van der Waals surface area contributed by atoms with E-state index in [1.54, 1.807) is 0 Å². The molecule has 0 fully saturated rings. The Kier molecular flexibility index (Phi) is 5.92. The zero-order valence-electron chi connectivity index (χ0n) is 12.7. The van der Waals surface area contributed by atoms with E-state index in [4.69, 9.17) is 0 Å². The molecule has 0 bridgehead atoms. The van der Waals surface area contributed by atoms with Crippen molar-refractivity contribution < 1.29 is 18.3 Å². The van der Waals surface area contributed by atoms with E-state index in [1.807, 2.05) is 13.8 Å². The molecule has 0 aliphatic rings. The zero-order valence-corrected chi connectivity index (χ0v) is 13.5. The predicted molar refractivity (Wildman–Crippen MR) is 82.0 cm³/mol. The second-order valence-electron chi connectivity index (χ2n) is 5.34. The maximum atomic E-state index is 12.1. The van der Waals surface area contributed by atoms with E-state index < -0.39 is 9.84 Å². The first-order chi connectivity index (χ1) is 9.78.